The Hall–Kier alpha value is -2.57. The van der Waals surface area contributed by atoms with Crippen LogP contribution in [0.5, 0.6) is 0 Å². The van der Waals surface area contributed by atoms with E-state index in [0.29, 0.717) is 30.5 Å². The first-order valence-electron chi connectivity index (χ1n) is 7.53. The maximum atomic E-state index is 11.8. The number of ether oxygens (including phenoxy) is 2. The Morgan fingerprint density at radius 2 is 2.13 bits per heavy atom. The van der Waals surface area contributed by atoms with Gasteiger partial charge in [-0.3, -0.25) is 9.36 Å². The summed E-state index contributed by atoms with van der Waals surface area (Å²) in [6, 6.07) is 7.10. The van der Waals surface area contributed by atoms with Gasteiger partial charge in [-0.2, -0.15) is 0 Å². The largest absolute Gasteiger partial charge is 0.460 e. The van der Waals surface area contributed by atoms with E-state index in [0.717, 1.165) is 0 Å². The lowest BCUT2D eigenvalue weighted by atomic mass is 10.2. The molecule has 2 atom stereocenters. The van der Waals surface area contributed by atoms with E-state index in [1.165, 1.54) is 4.57 Å². The summed E-state index contributed by atoms with van der Waals surface area (Å²) in [6.45, 7) is 2.10. The number of carbonyl (C=O) groups is 2. The minimum absolute atomic E-state index is 0.115. The molecule has 3 rings (SSSR count). The number of para-hydroxylation sites is 2. The molecule has 0 bridgehead atoms. The fourth-order valence-corrected chi connectivity index (χ4v) is 2.64. The third kappa shape index (κ3) is 3.28. The lowest BCUT2D eigenvalue weighted by Gasteiger charge is -2.08. The number of aromatic nitrogens is 1. The fraction of sp³-hybridized carbons (Fsp3) is 0.438. The molecule has 7 heteroatoms. The van der Waals surface area contributed by atoms with Crippen molar-refractivity contribution in [2.45, 2.75) is 44.9 Å². The van der Waals surface area contributed by atoms with E-state index in [2.05, 4.69) is 0 Å². The number of cyclic esters (lactones) is 1. The van der Waals surface area contributed by atoms with Crippen molar-refractivity contribution < 1.29 is 23.5 Å². The number of nitrogens with zero attached hydrogens (tertiary/aromatic N) is 1. The summed E-state index contributed by atoms with van der Waals surface area (Å²) in [5.74, 6) is -1.42. The number of rotatable bonds is 5. The molecule has 23 heavy (non-hydrogen) atoms. The summed E-state index contributed by atoms with van der Waals surface area (Å²) in [6.07, 6.45) is -0.119. The van der Waals surface area contributed by atoms with Gasteiger partial charge in [0.05, 0.1) is 5.52 Å². The maximum Gasteiger partial charge on any atom is 0.419 e. The first kappa shape index (κ1) is 15.3. The van der Waals surface area contributed by atoms with Gasteiger partial charge in [-0.15, -0.1) is 0 Å². The summed E-state index contributed by atoms with van der Waals surface area (Å²) >= 11 is 0. The molecule has 2 heterocycles. The van der Waals surface area contributed by atoms with E-state index in [1.54, 1.807) is 25.1 Å². The van der Waals surface area contributed by atoms with Crippen LogP contribution in [0.15, 0.2) is 33.5 Å². The number of esters is 2. The second kappa shape index (κ2) is 6.28. The van der Waals surface area contributed by atoms with Gasteiger partial charge in [-0.25, -0.2) is 9.59 Å². The summed E-state index contributed by atoms with van der Waals surface area (Å²) < 4.78 is 16.6. The van der Waals surface area contributed by atoms with Gasteiger partial charge >= 0.3 is 17.7 Å². The molecule has 2 aromatic rings. The Balaban J connectivity index is 1.55. The van der Waals surface area contributed by atoms with Gasteiger partial charge < -0.3 is 13.9 Å². The smallest absolute Gasteiger partial charge is 0.419 e. The van der Waals surface area contributed by atoms with Crippen LogP contribution in [0.2, 0.25) is 0 Å². The topological polar surface area (TPSA) is 87.7 Å². The summed E-state index contributed by atoms with van der Waals surface area (Å²) in [4.78, 5) is 35.0. The lowest BCUT2D eigenvalue weighted by Crippen LogP contribution is -2.23. The van der Waals surface area contributed by atoms with Crippen LogP contribution in [0.1, 0.15) is 26.2 Å². The molecule has 1 aliphatic rings. The van der Waals surface area contributed by atoms with E-state index < -0.39 is 23.8 Å². The highest BCUT2D eigenvalue weighted by atomic mass is 16.6. The monoisotopic (exact) mass is 319 g/mol. The molecular formula is C16H17NO6. The molecule has 1 aliphatic heterocycles. The number of oxazole rings is 1. The van der Waals surface area contributed by atoms with Gasteiger partial charge in [0.15, 0.2) is 5.58 Å². The number of benzene rings is 1. The zero-order valence-corrected chi connectivity index (χ0v) is 12.7. The summed E-state index contributed by atoms with van der Waals surface area (Å²) in [5.41, 5.74) is 1.21. The number of hydrogen-bond donors (Lipinski definition) is 0. The molecule has 0 amide bonds. The third-order valence-corrected chi connectivity index (χ3v) is 3.74. The molecule has 0 aliphatic carbocycles. The van der Waals surface area contributed by atoms with E-state index >= 15 is 0 Å². The van der Waals surface area contributed by atoms with Crippen LogP contribution >= 0.6 is 0 Å². The third-order valence-electron chi connectivity index (χ3n) is 3.74. The first-order valence-corrected chi connectivity index (χ1v) is 7.53. The summed E-state index contributed by atoms with van der Waals surface area (Å²) in [5, 5.41) is 0. The van der Waals surface area contributed by atoms with Crippen molar-refractivity contribution in [2.75, 3.05) is 0 Å². The number of aryl methyl sites for hydroxylation is 1. The maximum absolute atomic E-state index is 11.8. The highest BCUT2D eigenvalue weighted by molar-refractivity contribution is 5.81. The van der Waals surface area contributed by atoms with Crippen LogP contribution in [0, 0.1) is 0 Å². The molecule has 1 aromatic carbocycles. The summed E-state index contributed by atoms with van der Waals surface area (Å²) in [7, 11) is 0. The molecule has 7 nitrogen and oxygen atoms in total. The zero-order chi connectivity index (χ0) is 16.4. The predicted octanol–water partition coefficient (Wildman–Crippen LogP) is 1.62. The second-order valence-electron chi connectivity index (χ2n) is 5.55. The van der Waals surface area contributed by atoms with Crippen LogP contribution in [-0.4, -0.2) is 28.7 Å². The molecule has 0 N–H and O–H groups in total. The predicted molar refractivity (Wildman–Crippen MR) is 79.8 cm³/mol. The zero-order valence-electron chi connectivity index (χ0n) is 12.7. The molecule has 0 unspecified atom stereocenters. The Morgan fingerprint density at radius 3 is 2.87 bits per heavy atom. The Morgan fingerprint density at radius 1 is 1.35 bits per heavy atom. The molecule has 0 spiro atoms. The van der Waals surface area contributed by atoms with Gasteiger partial charge in [-0.1, -0.05) is 12.1 Å². The second-order valence-corrected chi connectivity index (χ2v) is 5.55. The minimum Gasteiger partial charge on any atom is -0.460 e. The average molecular weight is 319 g/mol. The van der Waals surface area contributed by atoms with Crippen LogP contribution in [0.3, 0.4) is 0 Å². The average Bonchev–Trinajstić information content (AvgIpc) is 2.98. The Labute approximate surface area is 131 Å². The van der Waals surface area contributed by atoms with Crippen molar-refractivity contribution in [1.82, 2.24) is 4.57 Å². The van der Waals surface area contributed by atoms with Crippen molar-refractivity contribution in [3.8, 4) is 0 Å². The highest BCUT2D eigenvalue weighted by Gasteiger charge is 2.34. The van der Waals surface area contributed by atoms with Crippen LogP contribution < -0.4 is 5.76 Å². The van der Waals surface area contributed by atoms with E-state index in [9.17, 15) is 14.4 Å². The van der Waals surface area contributed by atoms with E-state index in [4.69, 9.17) is 13.9 Å². The number of fused-ring (bicyclic) bond motifs is 1. The van der Waals surface area contributed by atoms with Gasteiger partial charge in [0.25, 0.3) is 0 Å². The molecule has 122 valence electrons. The SMILES string of the molecule is C[C@@H]1C[C@H](OC(=O)CCCn2c(=O)oc3ccccc32)C(=O)O1. The van der Waals surface area contributed by atoms with Gasteiger partial charge in [0.2, 0.25) is 6.10 Å². The van der Waals surface area contributed by atoms with Crippen molar-refractivity contribution in [3.05, 3.63) is 34.8 Å². The van der Waals surface area contributed by atoms with Crippen molar-refractivity contribution in [3.63, 3.8) is 0 Å². The fourth-order valence-electron chi connectivity index (χ4n) is 2.64. The van der Waals surface area contributed by atoms with E-state index in [1.807, 2.05) is 6.07 Å². The first-order chi connectivity index (χ1) is 11.0. The van der Waals surface area contributed by atoms with Crippen molar-refractivity contribution >= 4 is 23.0 Å². The van der Waals surface area contributed by atoms with Gasteiger partial charge in [0.1, 0.15) is 6.10 Å². The van der Waals surface area contributed by atoms with Crippen LogP contribution in [-0.2, 0) is 25.6 Å². The van der Waals surface area contributed by atoms with Gasteiger partial charge in [-0.05, 0) is 25.5 Å². The Bertz CT molecular complexity index is 789. The molecule has 0 saturated carbocycles. The highest BCUT2D eigenvalue weighted by Crippen LogP contribution is 2.18. The molecule has 1 aromatic heterocycles. The number of carbonyl (C=O) groups excluding carboxylic acids is 2. The normalized spacial score (nSPS) is 20.7. The van der Waals surface area contributed by atoms with Crippen LogP contribution in [0.4, 0.5) is 0 Å². The standard InChI is InChI=1S/C16H17NO6/c1-10-9-13(15(19)21-10)22-14(18)7-4-8-17-11-5-2-3-6-12(11)23-16(17)20/h2-3,5-6,10,13H,4,7-9H2,1H3/t10-,13+/m1/s1. The molecule has 0 radical (unpaired) electrons. The van der Waals surface area contributed by atoms with Crippen molar-refractivity contribution in [2.24, 2.45) is 0 Å². The van der Waals surface area contributed by atoms with Crippen molar-refractivity contribution in [1.29, 1.82) is 0 Å². The minimum atomic E-state index is -0.810. The quantitative estimate of drug-likeness (QED) is 0.778. The molecule has 1 saturated heterocycles. The van der Waals surface area contributed by atoms with Crippen LogP contribution in [0.25, 0.3) is 11.1 Å². The Kier molecular flexibility index (Phi) is 4.18. The van der Waals surface area contributed by atoms with Gasteiger partial charge in [0, 0.05) is 19.4 Å². The number of hydrogen-bond acceptors (Lipinski definition) is 6. The molecule has 1 fully saturated rings. The van der Waals surface area contributed by atoms with E-state index in [-0.39, 0.29) is 12.5 Å². The lowest BCUT2D eigenvalue weighted by molar-refractivity contribution is -0.160. The molecular weight excluding hydrogens is 302 g/mol.